The maximum Gasteiger partial charge on any atom is 0.185 e. The van der Waals surface area contributed by atoms with Crippen LogP contribution in [-0.2, 0) is 13.1 Å². The maximum atomic E-state index is 6.01. The first-order chi connectivity index (χ1) is 13.0. The van der Waals surface area contributed by atoms with Crippen molar-refractivity contribution in [1.82, 2.24) is 4.90 Å². The standard InChI is InChI=1S/C21H28Cl2N4/c22-19-9-5-17(6-10-19)15-27(16-18-7-11-20(23)12-8-18)14-4-2-1-3-13-26-21(24)25/h5-12H,1-4,13-16H2,(H4,24,25,26). The largest absolute Gasteiger partial charge is 0.370 e. The van der Waals surface area contributed by atoms with E-state index in [2.05, 4.69) is 34.2 Å². The minimum Gasteiger partial charge on any atom is -0.370 e. The van der Waals surface area contributed by atoms with Crippen LogP contribution >= 0.6 is 23.2 Å². The van der Waals surface area contributed by atoms with Gasteiger partial charge in [-0.25, -0.2) is 0 Å². The van der Waals surface area contributed by atoms with Gasteiger partial charge in [-0.1, -0.05) is 60.3 Å². The molecule has 0 aliphatic carbocycles. The van der Waals surface area contributed by atoms with Crippen molar-refractivity contribution < 1.29 is 0 Å². The summed E-state index contributed by atoms with van der Waals surface area (Å²) in [6.07, 6.45) is 4.46. The fourth-order valence-corrected chi connectivity index (χ4v) is 3.17. The zero-order valence-electron chi connectivity index (χ0n) is 15.6. The predicted octanol–water partition coefficient (Wildman–Crippen LogP) is 4.83. The van der Waals surface area contributed by atoms with Crippen molar-refractivity contribution in [2.24, 2.45) is 16.5 Å². The lowest BCUT2D eigenvalue weighted by atomic mass is 10.1. The lowest BCUT2D eigenvalue weighted by Gasteiger charge is -2.23. The van der Waals surface area contributed by atoms with Crippen LogP contribution in [0.4, 0.5) is 0 Å². The molecule has 0 saturated carbocycles. The van der Waals surface area contributed by atoms with Crippen molar-refractivity contribution in [3.8, 4) is 0 Å². The molecule has 0 bridgehead atoms. The zero-order chi connectivity index (χ0) is 19.5. The van der Waals surface area contributed by atoms with Gasteiger partial charge < -0.3 is 11.5 Å². The molecule has 0 amide bonds. The smallest absolute Gasteiger partial charge is 0.185 e. The van der Waals surface area contributed by atoms with E-state index in [1.807, 2.05) is 24.3 Å². The Morgan fingerprint density at radius 1 is 0.741 bits per heavy atom. The molecule has 2 rings (SSSR count). The molecule has 0 heterocycles. The van der Waals surface area contributed by atoms with Crippen LogP contribution in [0, 0.1) is 0 Å². The van der Waals surface area contributed by atoms with Crippen LogP contribution in [0.2, 0.25) is 10.0 Å². The fourth-order valence-electron chi connectivity index (χ4n) is 2.92. The molecule has 0 aliphatic rings. The number of nitrogens with zero attached hydrogens (tertiary/aromatic N) is 2. The molecule has 0 atom stereocenters. The SMILES string of the molecule is NC(N)=NCCCCCCN(Cc1ccc(Cl)cc1)Cc1ccc(Cl)cc1. The molecule has 2 aromatic carbocycles. The van der Waals surface area contributed by atoms with Crippen LogP contribution in [0.3, 0.4) is 0 Å². The van der Waals surface area contributed by atoms with Crippen molar-refractivity contribution in [2.45, 2.75) is 38.8 Å². The van der Waals surface area contributed by atoms with Crippen LogP contribution in [0.5, 0.6) is 0 Å². The number of hydrogen-bond donors (Lipinski definition) is 2. The number of nitrogens with two attached hydrogens (primary N) is 2. The lowest BCUT2D eigenvalue weighted by Crippen LogP contribution is -2.24. The predicted molar refractivity (Wildman–Crippen MR) is 116 cm³/mol. The highest BCUT2D eigenvalue weighted by Gasteiger charge is 2.08. The minimum atomic E-state index is 0.173. The summed E-state index contributed by atoms with van der Waals surface area (Å²) in [6.45, 7) is 3.54. The van der Waals surface area contributed by atoms with E-state index in [1.54, 1.807) is 0 Å². The third-order valence-electron chi connectivity index (χ3n) is 4.32. The van der Waals surface area contributed by atoms with Crippen molar-refractivity contribution in [2.75, 3.05) is 13.1 Å². The summed E-state index contributed by atoms with van der Waals surface area (Å²) < 4.78 is 0. The second-order valence-electron chi connectivity index (χ2n) is 6.68. The van der Waals surface area contributed by atoms with E-state index >= 15 is 0 Å². The minimum absolute atomic E-state index is 0.173. The molecular weight excluding hydrogens is 379 g/mol. The van der Waals surface area contributed by atoms with Gasteiger partial charge in [-0.2, -0.15) is 0 Å². The van der Waals surface area contributed by atoms with E-state index in [0.717, 1.165) is 55.4 Å². The number of unbranched alkanes of at least 4 members (excludes halogenated alkanes) is 3. The third-order valence-corrected chi connectivity index (χ3v) is 4.82. The second kappa shape index (κ2) is 11.9. The Labute approximate surface area is 172 Å². The van der Waals surface area contributed by atoms with E-state index in [9.17, 15) is 0 Å². The lowest BCUT2D eigenvalue weighted by molar-refractivity contribution is 0.250. The Bertz CT molecular complexity index is 648. The Morgan fingerprint density at radius 3 is 1.70 bits per heavy atom. The number of rotatable bonds is 11. The molecule has 0 fully saturated rings. The van der Waals surface area contributed by atoms with Crippen molar-refractivity contribution in [1.29, 1.82) is 0 Å². The van der Waals surface area contributed by atoms with Crippen molar-refractivity contribution >= 4 is 29.2 Å². The molecule has 2 aromatic rings. The summed E-state index contributed by atoms with van der Waals surface area (Å²) in [4.78, 5) is 6.48. The summed E-state index contributed by atoms with van der Waals surface area (Å²) in [7, 11) is 0. The van der Waals surface area contributed by atoms with Gasteiger partial charge >= 0.3 is 0 Å². The number of hydrogen-bond acceptors (Lipinski definition) is 2. The van der Waals surface area contributed by atoms with Crippen LogP contribution < -0.4 is 11.5 Å². The molecule has 27 heavy (non-hydrogen) atoms. The van der Waals surface area contributed by atoms with Crippen LogP contribution in [0.15, 0.2) is 53.5 Å². The van der Waals surface area contributed by atoms with Gasteiger partial charge in [0.05, 0.1) is 0 Å². The van der Waals surface area contributed by atoms with Gasteiger partial charge in [0.25, 0.3) is 0 Å². The number of aliphatic imine (C=N–C) groups is 1. The molecule has 4 nitrogen and oxygen atoms in total. The molecule has 146 valence electrons. The molecule has 4 N–H and O–H groups in total. The average molecular weight is 407 g/mol. The average Bonchev–Trinajstić information content (AvgIpc) is 2.64. The molecule has 0 aromatic heterocycles. The van der Waals surface area contributed by atoms with E-state index < -0.39 is 0 Å². The van der Waals surface area contributed by atoms with Gasteiger partial charge in [-0.3, -0.25) is 9.89 Å². The molecule has 6 heteroatoms. The van der Waals surface area contributed by atoms with Crippen molar-refractivity contribution in [3.63, 3.8) is 0 Å². The van der Waals surface area contributed by atoms with Gasteiger partial charge in [0.15, 0.2) is 5.96 Å². The number of benzene rings is 2. The van der Waals surface area contributed by atoms with E-state index in [-0.39, 0.29) is 5.96 Å². The van der Waals surface area contributed by atoms with E-state index in [4.69, 9.17) is 34.7 Å². The summed E-state index contributed by atoms with van der Waals surface area (Å²) >= 11 is 12.0. The third kappa shape index (κ3) is 9.14. The van der Waals surface area contributed by atoms with Crippen LogP contribution in [0.1, 0.15) is 36.8 Å². The highest BCUT2D eigenvalue weighted by atomic mass is 35.5. The number of halogens is 2. The van der Waals surface area contributed by atoms with E-state index in [0.29, 0.717) is 6.54 Å². The molecule has 0 aliphatic heterocycles. The summed E-state index contributed by atoms with van der Waals surface area (Å²) in [5, 5.41) is 1.53. The van der Waals surface area contributed by atoms with Gasteiger partial charge in [0.2, 0.25) is 0 Å². The van der Waals surface area contributed by atoms with Crippen LogP contribution in [0.25, 0.3) is 0 Å². The topological polar surface area (TPSA) is 67.6 Å². The van der Waals surface area contributed by atoms with Gasteiger partial charge in [-0.15, -0.1) is 0 Å². The summed E-state index contributed by atoms with van der Waals surface area (Å²) in [6, 6.07) is 16.1. The monoisotopic (exact) mass is 406 g/mol. The molecule has 0 unspecified atom stereocenters. The fraction of sp³-hybridized carbons (Fsp3) is 0.381. The maximum absolute atomic E-state index is 6.01. The molecule has 0 saturated heterocycles. The highest BCUT2D eigenvalue weighted by Crippen LogP contribution is 2.16. The highest BCUT2D eigenvalue weighted by molar-refractivity contribution is 6.30. The second-order valence-corrected chi connectivity index (χ2v) is 7.56. The Kier molecular flexibility index (Phi) is 9.46. The van der Waals surface area contributed by atoms with Gasteiger partial charge in [0, 0.05) is 29.7 Å². The summed E-state index contributed by atoms with van der Waals surface area (Å²) in [5.41, 5.74) is 13.2. The number of guanidine groups is 1. The molecular formula is C21H28Cl2N4. The Hall–Kier alpha value is -1.75. The van der Waals surface area contributed by atoms with Crippen molar-refractivity contribution in [3.05, 3.63) is 69.7 Å². The first kappa shape index (κ1) is 21.5. The Balaban J connectivity index is 1.85. The van der Waals surface area contributed by atoms with Crippen LogP contribution in [-0.4, -0.2) is 23.9 Å². The normalized spacial score (nSPS) is 10.9. The molecule has 0 spiro atoms. The first-order valence-corrected chi connectivity index (χ1v) is 10.0. The zero-order valence-corrected chi connectivity index (χ0v) is 17.1. The quantitative estimate of drug-likeness (QED) is 0.319. The first-order valence-electron chi connectivity index (χ1n) is 9.29. The molecule has 0 radical (unpaired) electrons. The van der Waals surface area contributed by atoms with E-state index in [1.165, 1.54) is 11.1 Å². The van der Waals surface area contributed by atoms with Gasteiger partial charge in [-0.05, 0) is 54.8 Å². The summed E-state index contributed by atoms with van der Waals surface area (Å²) in [5.74, 6) is 0.173. The van der Waals surface area contributed by atoms with Gasteiger partial charge in [0.1, 0.15) is 0 Å². The Morgan fingerprint density at radius 2 is 1.22 bits per heavy atom.